The van der Waals surface area contributed by atoms with E-state index in [-0.39, 0.29) is 5.84 Å². The predicted molar refractivity (Wildman–Crippen MR) is 66.2 cm³/mol. The molecule has 4 nitrogen and oxygen atoms in total. The maximum absolute atomic E-state index is 7.51. The topological polar surface area (TPSA) is 75.7 Å². The zero-order valence-corrected chi connectivity index (χ0v) is 10.2. The zero-order chi connectivity index (χ0) is 11.5. The van der Waals surface area contributed by atoms with Crippen LogP contribution in [0.15, 0.2) is 32.9 Å². The normalized spacial score (nSPS) is 10.3. The molecule has 2 rings (SSSR count). The van der Waals surface area contributed by atoms with Gasteiger partial charge in [-0.25, -0.2) is 0 Å². The Bertz CT molecular complexity index is 508. The molecule has 1 aromatic heterocycles. The number of hydrogen-bond acceptors (Lipinski definition) is 5. The summed E-state index contributed by atoms with van der Waals surface area (Å²) in [4.78, 5) is 0.948. The number of hydrogen-bond donors (Lipinski definition) is 2. The van der Waals surface area contributed by atoms with Gasteiger partial charge in [0.05, 0.1) is 0 Å². The minimum atomic E-state index is 0.0759. The van der Waals surface area contributed by atoms with Crippen LogP contribution in [0.4, 0.5) is 0 Å². The summed E-state index contributed by atoms with van der Waals surface area (Å²) >= 11 is 2.96. The van der Waals surface area contributed by atoms with E-state index in [1.165, 1.54) is 23.1 Å². The highest BCUT2D eigenvalue weighted by atomic mass is 32.2. The average molecular weight is 250 g/mol. The van der Waals surface area contributed by atoms with Crippen molar-refractivity contribution < 1.29 is 0 Å². The van der Waals surface area contributed by atoms with Gasteiger partial charge in [0, 0.05) is 10.5 Å². The predicted octanol–water partition coefficient (Wildman–Crippen LogP) is 2.28. The molecule has 0 aliphatic carbocycles. The number of nitrogens with two attached hydrogens (primary N) is 1. The largest absolute Gasteiger partial charge is 0.384 e. The monoisotopic (exact) mass is 250 g/mol. The minimum Gasteiger partial charge on any atom is -0.384 e. The molecule has 2 aromatic rings. The molecule has 0 fully saturated rings. The molecule has 1 heterocycles. The maximum atomic E-state index is 7.51. The van der Waals surface area contributed by atoms with Gasteiger partial charge < -0.3 is 5.73 Å². The first-order valence-corrected chi connectivity index (χ1v) is 6.25. The SMILES string of the molecule is Cc1ccc(C(=N)N)c(Sc2nncs2)c1. The van der Waals surface area contributed by atoms with Gasteiger partial charge in [-0.2, -0.15) is 0 Å². The summed E-state index contributed by atoms with van der Waals surface area (Å²) in [6.45, 7) is 2.01. The van der Waals surface area contributed by atoms with E-state index in [4.69, 9.17) is 11.1 Å². The molecule has 0 radical (unpaired) electrons. The number of nitrogen functional groups attached to an aromatic ring is 1. The molecule has 16 heavy (non-hydrogen) atoms. The van der Waals surface area contributed by atoms with Crippen LogP contribution in [0.25, 0.3) is 0 Å². The first-order chi connectivity index (χ1) is 7.66. The van der Waals surface area contributed by atoms with E-state index in [1.54, 1.807) is 5.51 Å². The second-order valence-electron chi connectivity index (χ2n) is 3.22. The maximum Gasteiger partial charge on any atom is 0.178 e. The molecule has 1 aromatic carbocycles. The summed E-state index contributed by atoms with van der Waals surface area (Å²) < 4.78 is 0.855. The van der Waals surface area contributed by atoms with E-state index in [2.05, 4.69) is 10.2 Å². The number of nitrogens with one attached hydrogen (secondary N) is 1. The second kappa shape index (κ2) is 4.63. The van der Waals surface area contributed by atoms with Crippen LogP contribution in [-0.4, -0.2) is 16.0 Å². The molecule has 0 amide bonds. The summed E-state index contributed by atoms with van der Waals surface area (Å²) in [5.74, 6) is 0.0759. The van der Waals surface area contributed by atoms with E-state index in [9.17, 15) is 0 Å². The van der Waals surface area contributed by atoms with Crippen molar-refractivity contribution in [3.63, 3.8) is 0 Å². The van der Waals surface area contributed by atoms with Crippen molar-refractivity contribution in [3.8, 4) is 0 Å². The lowest BCUT2D eigenvalue weighted by molar-refractivity contribution is 1.01. The fourth-order valence-corrected chi connectivity index (χ4v) is 2.92. The average Bonchev–Trinajstić information content (AvgIpc) is 2.70. The lowest BCUT2D eigenvalue weighted by Gasteiger charge is -2.06. The first-order valence-electron chi connectivity index (χ1n) is 4.56. The van der Waals surface area contributed by atoms with Crippen LogP contribution >= 0.6 is 23.1 Å². The Labute approximate surface area is 101 Å². The van der Waals surface area contributed by atoms with Crippen LogP contribution in [0, 0.1) is 12.3 Å². The molecule has 0 unspecified atom stereocenters. The van der Waals surface area contributed by atoms with Crippen molar-refractivity contribution in [3.05, 3.63) is 34.8 Å². The van der Waals surface area contributed by atoms with Crippen LogP contribution in [0.3, 0.4) is 0 Å². The molecule has 0 aliphatic heterocycles. The third-order valence-corrected chi connectivity index (χ3v) is 3.80. The molecule has 3 N–H and O–H groups in total. The summed E-state index contributed by atoms with van der Waals surface area (Å²) in [7, 11) is 0. The molecule has 0 aliphatic rings. The Balaban J connectivity index is 2.38. The third kappa shape index (κ3) is 2.40. The number of amidine groups is 1. The number of aryl methyl sites for hydroxylation is 1. The number of nitrogens with zero attached hydrogens (tertiary/aromatic N) is 2. The quantitative estimate of drug-likeness (QED) is 0.647. The molecule has 0 atom stereocenters. The summed E-state index contributed by atoms with van der Waals surface area (Å²) in [6.07, 6.45) is 0. The Hall–Kier alpha value is -1.40. The lowest BCUT2D eigenvalue weighted by atomic mass is 10.1. The molecule has 0 saturated carbocycles. The number of rotatable bonds is 3. The smallest absolute Gasteiger partial charge is 0.178 e. The van der Waals surface area contributed by atoms with Gasteiger partial charge in [0.2, 0.25) is 0 Å². The van der Waals surface area contributed by atoms with Gasteiger partial charge in [-0.05, 0) is 24.6 Å². The van der Waals surface area contributed by atoms with E-state index in [0.717, 1.165) is 20.4 Å². The van der Waals surface area contributed by atoms with E-state index >= 15 is 0 Å². The molecule has 0 bridgehead atoms. The molecule has 6 heteroatoms. The Morgan fingerprint density at radius 3 is 2.94 bits per heavy atom. The van der Waals surface area contributed by atoms with Crippen molar-refractivity contribution in [2.45, 2.75) is 16.2 Å². The molecular weight excluding hydrogens is 240 g/mol. The van der Waals surface area contributed by atoms with Crippen molar-refractivity contribution in [1.82, 2.24) is 10.2 Å². The summed E-state index contributed by atoms with van der Waals surface area (Å²) in [6, 6.07) is 5.81. The Morgan fingerprint density at radius 2 is 2.31 bits per heavy atom. The summed E-state index contributed by atoms with van der Waals surface area (Å²) in [5, 5.41) is 15.2. The number of benzene rings is 1. The van der Waals surface area contributed by atoms with Crippen LogP contribution in [-0.2, 0) is 0 Å². The van der Waals surface area contributed by atoms with Crippen molar-refractivity contribution in [1.29, 1.82) is 5.41 Å². The third-order valence-electron chi connectivity index (χ3n) is 1.96. The minimum absolute atomic E-state index is 0.0759. The second-order valence-corrected chi connectivity index (χ2v) is 5.34. The van der Waals surface area contributed by atoms with E-state index in [1.807, 2.05) is 25.1 Å². The standard InChI is InChI=1S/C10H10N4S2/c1-6-2-3-7(9(11)12)8(4-6)16-10-14-13-5-15-10/h2-5H,1H3,(H3,11,12). The van der Waals surface area contributed by atoms with Gasteiger partial charge in [-0.3, -0.25) is 5.41 Å². The lowest BCUT2D eigenvalue weighted by Crippen LogP contribution is -2.12. The molecule has 82 valence electrons. The van der Waals surface area contributed by atoms with Crippen molar-refractivity contribution >= 4 is 28.9 Å². The van der Waals surface area contributed by atoms with Gasteiger partial charge in [0.25, 0.3) is 0 Å². The molecule has 0 spiro atoms. The van der Waals surface area contributed by atoms with Gasteiger partial charge in [0.15, 0.2) is 4.34 Å². The van der Waals surface area contributed by atoms with Crippen LogP contribution in [0.2, 0.25) is 0 Å². The summed E-state index contributed by atoms with van der Waals surface area (Å²) in [5.41, 5.74) is 9.09. The number of aromatic nitrogens is 2. The highest BCUT2D eigenvalue weighted by Crippen LogP contribution is 2.31. The van der Waals surface area contributed by atoms with E-state index in [0.29, 0.717) is 0 Å². The highest BCUT2D eigenvalue weighted by molar-refractivity contribution is 8.01. The van der Waals surface area contributed by atoms with Crippen LogP contribution < -0.4 is 5.73 Å². The fraction of sp³-hybridized carbons (Fsp3) is 0.100. The van der Waals surface area contributed by atoms with Gasteiger partial charge >= 0.3 is 0 Å². The van der Waals surface area contributed by atoms with Crippen molar-refractivity contribution in [2.75, 3.05) is 0 Å². The molecular formula is C10H10N4S2. The Morgan fingerprint density at radius 1 is 1.50 bits per heavy atom. The Kier molecular flexibility index (Phi) is 3.21. The highest BCUT2D eigenvalue weighted by Gasteiger charge is 2.09. The van der Waals surface area contributed by atoms with E-state index < -0.39 is 0 Å². The molecule has 0 saturated heterocycles. The van der Waals surface area contributed by atoms with Crippen LogP contribution in [0.5, 0.6) is 0 Å². The van der Waals surface area contributed by atoms with Crippen LogP contribution in [0.1, 0.15) is 11.1 Å². The van der Waals surface area contributed by atoms with Gasteiger partial charge in [-0.15, -0.1) is 10.2 Å². The fourth-order valence-electron chi connectivity index (χ4n) is 1.24. The van der Waals surface area contributed by atoms with Crippen molar-refractivity contribution in [2.24, 2.45) is 5.73 Å². The first kappa shape index (κ1) is 11.1. The van der Waals surface area contributed by atoms with Gasteiger partial charge in [-0.1, -0.05) is 29.2 Å². The zero-order valence-electron chi connectivity index (χ0n) is 8.60. The van der Waals surface area contributed by atoms with Gasteiger partial charge in [0.1, 0.15) is 11.3 Å².